The predicted octanol–water partition coefficient (Wildman–Crippen LogP) is 0.146. The number of aliphatic carboxylic acids is 2. The van der Waals surface area contributed by atoms with Gasteiger partial charge in [-0.25, -0.2) is 4.79 Å². The van der Waals surface area contributed by atoms with Crippen molar-refractivity contribution in [2.24, 2.45) is 0 Å². The minimum absolute atomic E-state index is 0.296. The van der Waals surface area contributed by atoms with Gasteiger partial charge in [-0.05, 0) is 18.6 Å². The fraction of sp³-hybridized carbons (Fsp3) is 0.250. The quantitative estimate of drug-likeness (QED) is 0.467. The minimum atomic E-state index is -1.40. The first-order valence-corrected chi connectivity index (χ1v) is 5.59. The lowest BCUT2D eigenvalue weighted by molar-refractivity contribution is -0.140. The van der Waals surface area contributed by atoms with Crippen LogP contribution < -0.4 is 5.32 Å². The summed E-state index contributed by atoms with van der Waals surface area (Å²) in [5.74, 6) is -4.69. The molecule has 5 N–H and O–H groups in total. The zero-order valence-corrected chi connectivity index (χ0v) is 10.2. The van der Waals surface area contributed by atoms with Crippen molar-refractivity contribution in [3.63, 3.8) is 0 Å². The molecule has 0 bridgehead atoms. The monoisotopic (exact) mass is 283 g/mol. The first-order valence-electron chi connectivity index (χ1n) is 5.59. The number of phenols is 2. The van der Waals surface area contributed by atoms with Gasteiger partial charge in [0.05, 0.1) is 5.56 Å². The summed E-state index contributed by atoms with van der Waals surface area (Å²) in [4.78, 5) is 33.1. The summed E-state index contributed by atoms with van der Waals surface area (Å²) in [7, 11) is 0. The second kappa shape index (κ2) is 6.41. The van der Waals surface area contributed by atoms with E-state index in [1.54, 1.807) is 0 Å². The van der Waals surface area contributed by atoms with Gasteiger partial charge in [0.1, 0.15) is 6.04 Å². The van der Waals surface area contributed by atoms with Crippen LogP contribution in [-0.2, 0) is 9.59 Å². The molecule has 1 aromatic carbocycles. The number of para-hydroxylation sites is 1. The Balaban J connectivity index is 2.83. The van der Waals surface area contributed by atoms with Crippen LogP contribution in [0.2, 0.25) is 0 Å². The first-order chi connectivity index (χ1) is 9.32. The Kier molecular flexibility index (Phi) is 4.90. The van der Waals surface area contributed by atoms with E-state index < -0.39 is 41.8 Å². The highest BCUT2D eigenvalue weighted by molar-refractivity contribution is 5.99. The number of carboxylic acids is 2. The van der Waals surface area contributed by atoms with Gasteiger partial charge in [0, 0.05) is 6.42 Å². The summed E-state index contributed by atoms with van der Waals surface area (Å²) in [5.41, 5.74) is -0.299. The Labute approximate surface area is 113 Å². The Morgan fingerprint density at radius 2 is 1.80 bits per heavy atom. The Morgan fingerprint density at radius 1 is 1.15 bits per heavy atom. The number of nitrogens with one attached hydrogen (secondary N) is 1. The summed E-state index contributed by atoms with van der Waals surface area (Å²) in [6.45, 7) is 0. The lowest BCUT2D eigenvalue weighted by Gasteiger charge is -2.14. The summed E-state index contributed by atoms with van der Waals surface area (Å²) in [6, 6.07) is 2.25. The molecule has 0 heterocycles. The van der Waals surface area contributed by atoms with Crippen LogP contribution in [0.25, 0.3) is 0 Å². The molecule has 0 aromatic heterocycles. The molecule has 0 radical (unpaired) electrons. The number of amides is 1. The van der Waals surface area contributed by atoms with Gasteiger partial charge >= 0.3 is 11.9 Å². The van der Waals surface area contributed by atoms with E-state index >= 15 is 0 Å². The van der Waals surface area contributed by atoms with Crippen molar-refractivity contribution >= 4 is 17.8 Å². The molecule has 0 fully saturated rings. The molecule has 8 nitrogen and oxygen atoms in total. The predicted molar refractivity (Wildman–Crippen MR) is 65.5 cm³/mol. The maximum absolute atomic E-state index is 11.8. The van der Waals surface area contributed by atoms with Gasteiger partial charge in [-0.2, -0.15) is 0 Å². The van der Waals surface area contributed by atoms with Gasteiger partial charge in [0.25, 0.3) is 5.91 Å². The maximum atomic E-state index is 11.8. The van der Waals surface area contributed by atoms with Crippen LogP contribution >= 0.6 is 0 Å². The molecule has 0 spiro atoms. The second-order valence-electron chi connectivity index (χ2n) is 3.97. The smallest absolute Gasteiger partial charge is 0.326 e. The highest BCUT2D eigenvalue weighted by Gasteiger charge is 2.23. The molecule has 0 aliphatic rings. The van der Waals surface area contributed by atoms with Crippen LogP contribution in [0.5, 0.6) is 11.5 Å². The lowest BCUT2D eigenvalue weighted by Crippen LogP contribution is -2.41. The third-order valence-corrected chi connectivity index (χ3v) is 2.51. The second-order valence-corrected chi connectivity index (χ2v) is 3.97. The molecular formula is C12H13NO7. The van der Waals surface area contributed by atoms with Crippen LogP contribution in [0.3, 0.4) is 0 Å². The first kappa shape index (κ1) is 15.3. The lowest BCUT2D eigenvalue weighted by atomic mass is 10.1. The third kappa shape index (κ3) is 3.87. The summed E-state index contributed by atoms with van der Waals surface area (Å²) >= 11 is 0. The summed E-state index contributed by atoms with van der Waals surface area (Å²) in [6.07, 6.45) is -0.723. The van der Waals surface area contributed by atoms with Crippen LogP contribution in [0.15, 0.2) is 18.2 Å². The van der Waals surface area contributed by atoms with Gasteiger partial charge in [0.2, 0.25) is 0 Å². The molecule has 1 aromatic rings. The normalized spacial score (nSPS) is 11.6. The maximum Gasteiger partial charge on any atom is 0.326 e. The van der Waals surface area contributed by atoms with E-state index in [-0.39, 0.29) is 12.0 Å². The van der Waals surface area contributed by atoms with Crippen LogP contribution in [-0.4, -0.2) is 44.3 Å². The van der Waals surface area contributed by atoms with E-state index in [0.29, 0.717) is 0 Å². The molecule has 0 aliphatic carbocycles. The SMILES string of the molecule is O=C(O)CCC(NC(=O)c1cccc(O)c1O)C(=O)O. The number of rotatable bonds is 6. The molecule has 0 aliphatic heterocycles. The number of carbonyl (C=O) groups is 3. The number of aromatic hydroxyl groups is 2. The highest BCUT2D eigenvalue weighted by atomic mass is 16.4. The average molecular weight is 283 g/mol. The van der Waals surface area contributed by atoms with Crippen molar-refractivity contribution in [1.82, 2.24) is 5.32 Å². The van der Waals surface area contributed by atoms with E-state index in [1.165, 1.54) is 12.1 Å². The molecule has 1 amide bonds. The molecular weight excluding hydrogens is 270 g/mol. The molecule has 20 heavy (non-hydrogen) atoms. The number of hydrogen-bond acceptors (Lipinski definition) is 5. The fourth-order valence-corrected chi connectivity index (χ4v) is 1.48. The third-order valence-electron chi connectivity index (χ3n) is 2.51. The Hall–Kier alpha value is -2.77. The van der Waals surface area contributed by atoms with E-state index in [9.17, 15) is 24.6 Å². The van der Waals surface area contributed by atoms with Gasteiger partial charge in [-0.3, -0.25) is 9.59 Å². The van der Waals surface area contributed by atoms with E-state index in [4.69, 9.17) is 10.2 Å². The summed E-state index contributed by atoms with van der Waals surface area (Å²) < 4.78 is 0. The molecule has 0 saturated heterocycles. The molecule has 1 atom stereocenters. The van der Waals surface area contributed by atoms with Crippen LogP contribution in [0.1, 0.15) is 23.2 Å². The van der Waals surface area contributed by atoms with Crippen LogP contribution in [0.4, 0.5) is 0 Å². The Morgan fingerprint density at radius 3 is 2.35 bits per heavy atom. The van der Waals surface area contributed by atoms with Gasteiger partial charge < -0.3 is 25.7 Å². The largest absolute Gasteiger partial charge is 0.504 e. The highest BCUT2D eigenvalue weighted by Crippen LogP contribution is 2.28. The molecule has 108 valence electrons. The van der Waals surface area contributed by atoms with Crippen molar-refractivity contribution in [2.75, 3.05) is 0 Å². The molecule has 1 unspecified atom stereocenters. The number of phenolic OH excluding ortho intramolecular Hbond substituents is 2. The van der Waals surface area contributed by atoms with Crippen molar-refractivity contribution in [1.29, 1.82) is 0 Å². The van der Waals surface area contributed by atoms with Crippen molar-refractivity contribution in [3.05, 3.63) is 23.8 Å². The van der Waals surface area contributed by atoms with E-state index in [2.05, 4.69) is 5.32 Å². The van der Waals surface area contributed by atoms with Gasteiger partial charge in [-0.15, -0.1) is 0 Å². The molecule has 0 saturated carbocycles. The summed E-state index contributed by atoms with van der Waals surface area (Å²) in [5, 5.41) is 38.2. The van der Waals surface area contributed by atoms with E-state index in [0.717, 1.165) is 6.07 Å². The standard InChI is InChI=1S/C12H13NO7/c14-8-3-1-2-6(10(8)17)11(18)13-7(12(19)20)4-5-9(15)16/h1-3,7,14,17H,4-5H2,(H,13,18)(H,15,16)(H,19,20). The zero-order chi connectivity index (χ0) is 15.3. The van der Waals surface area contributed by atoms with Crippen LogP contribution in [0, 0.1) is 0 Å². The number of carbonyl (C=O) groups excluding carboxylic acids is 1. The van der Waals surface area contributed by atoms with E-state index in [1.807, 2.05) is 0 Å². The number of hydrogen-bond donors (Lipinski definition) is 5. The van der Waals surface area contributed by atoms with Gasteiger partial charge in [0.15, 0.2) is 11.5 Å². The van der Waals surface area contributed by atoms with Crippen molar-refractivity contribution in [3.8, 4) is 11.5 Å². The van der Waals surface area contributed by atoms with Crippen molar-refractivity contribution < 1.29 is 34.8 Å². The fourth-order valence-electron chi connectivity index (χ4n) is 1.48. The number of carboxylic acid groups (broad SMARTS) is 2. The molecule has 1 rings (SSSR count). The topological polar surface area (TPSA) is 144 Å². The Bertz CT molecular complexity index is 541. The zero-order valence-electron chi connectivity index (χ0n) is 10.2. The van der Waals surface area contributed by atoms with Gasteiger partial charge in [-0.1, -0.05) is 6.07 Å². The minimum Gasteiger partial charge on any atom is -0.504 e. The number of benzene rings is 1. The van der Waals surface area contributed by atoms with Crippen molar-refractivity contribution in [2.45, 2.75) is 18.9 Å². The average Bonchev–Trinajstić information content (AvgIpc) is 2.36. The molecule has 8 heteroatoms.